The summed E-state index contributed by atoms with van der Waals surface area (Å²) in [5.41, 5.74) is 4.72. The molecule has 1 saturated heterocycles. The molecule has 2 heterocycles. The molecule has 2 unspecified atom stereocenters. The molecule has 0 aromatic carbocycles. The molecule has 0 radical (unpaired) electrons. The topological polar surface area (TPSA) is 42.1 Å². The second kappa shape index (κ2) is 4.33. The van der Waals surface area contributed by atoms with Gasteiger partial charge in [0.2, 0.25) is 0 Å². The van der Waals surface area contributed by atoms with Crippen LogP contribution in [0.25, 0.3) is 0 Å². The molecule has 6 heteroatoms. The number of nitrogens with two attached hydrogens (primary N) is 1. The number of rotatable bonds is 1. The second-order valence-corrected chi connectivity index (χ2v) is 5.00. The van der Waals surface area contributed by atoms with E-state index in [-0.39, 0.29) is 5.82 Å². The van der Waals surface area contributed by atoms with Crippen LogP contribution >= 0.6 is 0 Å². The van der Waals surface area contributed by atoms with E-state index in [1.54, 1.807) is 0 Å². The summed E-state index contributed by atoms with van der Waals surface area (Å²) in [7, 11) is 0. The van der Waals surface area contributed by atoms with Crippen molar-refractivity contribution >= 4 is 11.6 Å². The predicted molar refractivity (Wildman–Crippen MR) is 64.2 cm³/mol. The number of alkyl halides is 3. The molecule has 1 aromatic heterocycles. The summed E-state index contributed by atoms with van der Waals surface area (Å²) in [6, 6.07) is 1.94. The molecule has 18 heavy (non-hydrogen) atoms. The smallest absolute Gasteiger partial charge is 0.384 e. The van der Waals surface area contributed by atoms with Crippen molar-refractivity contribution in [3.05, 3.63) is 17.7 Å². The second-order valence-electron chi connectivity index (χ2n) is 5.00. The molecule has 0 bridgehead atoms. The van der Waals surface area contributed by atoms with Crippen molar-refractivity contribution in [1.82, 2.24) is 4.98 Å². The van der Waals surface area contributed by atoms with E-state index in [4.69, 9.17) is 5.73 Å². The van der Waals surface area contributed by atoms with Crippen molar-refractivity contribution in [3.8, 4) is 0 Å². The highest BCUT2D eigenvalue weighted by atomic mass is 19.4. The summed E-state index contributed by atoms with van der Waals surface area (Å²) >= 11 is 0. The fourth-order valence-electron chi connectivity index (χ4n) is 2.18. The Labute approximate surface area is 104 Å². The Kier molecular flexibility index (Phi) is 3.12. The van der Waals surface area contributed by atoms with Crippen molar-refractivity contribution in [1.29, 1.82) is 0 Å². The van der Waals surface area contributed by atoms with Crippen molar-refractivity contribution in [3.63, 3.8) is 0 Å². The van der Waals surface area contributed by atoms with Gasteiger partial charge >= 0.3 is 6.18 Å². The Balaban J connectivity index is 2.32. The van der Waals surface area contributed by atoms with Crippen molar-refractivity contribution < 1.29 is 13.2 Å². The fourth-order valence-corrected chi connectivity index (χ4v) is 2.18. The minimum Gasteiger partial charge on any atom is -0.384 e. The lowest BCUT2D eigenvalue weighted by Crippen LogP contribution is -2.22. The fraction of sp³-hybridized carbons (Fsp3) is 0.583. The van der Waals surface area contributed by atoms with E-state index >= 15 is 0 Å². The van der Waals surface area contributed by atoms with Crippen LogP contribution in [-0.2, 0) is 6.18 Å². The van der Waals surface area contributed by atoms with Crippen LogP contribution in [-0.4, -0.2) is 18.1 Å². The van der Waals surface area contributed by atoms with Gasteiger partial charge in [0.25, 0.3) is 0 Å². The zero-order valence-corrected chi connectivity index (χ0v) is 10.3. The van der Waals surface area contributed by atoms with Gasteiger partial charge in [0.05, 0.1) is 5.56 Å². The van der Waals surface area contributed by atoms with E-state index in [9.17, 15) is 13.2 Å². The number of halogens is 3. The summed E-state index contributed by atoms with van der Waals surface area (Å²) in [5, 5.41) is 0. The number of aromatic nitrogens is 1. The third-order valence-corrected chi connectivity index (χ3v) is 3.47. The summed E-state index contributed by atoms with van der Waals surface area (Å²) in [6.45, 7) is 5.60. The third-order valence-electron chi connectivity index (χ3n) is 3.47. The molecule has 2 N–H and O–H groups in total. The molecule has 0 spiro atoms. The summed E-state index contributed by atoms with van der Waals surface area (Å²) in [4.78, 5) is 5.86. The van der Waals surface area contributed by atoms with Crippen LogP contribution < -0.4 is 10.6 Å². The van der Waals surface area contributed by atoms with Gasteiger partial charge in [-0.3, -0.25) is 0 Å². The maximum Gasteiger partial charge on any atom is 0.416 e. The van der Waals surface area contributed by atoms with Gasteiger partial charge in [0.15, 0.2) is 0 Å². The molecule has 1 aromatic rings. The average Bonchev–Trinajstić information content (AvgIpc) is 2.57. The number of hydrogen-bond donors (Lipinski definition) is 1. The molecule has 1 aliphatic rings. The first-order chi connectivity index (χ1) is 8.27. The predicted octanol–water partition coefficient (Wildman–Crippen LogP) is 2.77. The van der Waals surface area contributed by atoms with Crippen LogP contribution in [0, 0.1) is 11.8 Å². The molecule has 0 aliphatic carbocycles. The van der Waals surface area contributed by atoms with Crippen molar-refractivity contribution in [2.75, 3.05) is 23.7 Å². The highest BCUT2D eigenvalue weighted by Crippen LogP contribution is 2.34. The van der Waals surface area contributed by atoms with E-state index in [1.165, 1.54) is 0 Å². The zero-order chi connectivity index (χ0) is 13.5. The number of nitrogen functional groups attached to an aromatic ring is 1. The van der Waals surface area contributed by atoms with E-state index in [0.29, 0.717) is 17.7 Å². The molecule has 100 valence electrons. The van der Waals surface area contributed by atoms with Gasteiger partial charge in [-0.15, -0.1) is 0 Å². The van der Waals surface area contributed by atoms with Crippen LogP contribution in [0.4, 0.5) is 24.8 Å². The number of hydrogen-bond acceptors (Lipinski definition) is 3. The number of pyridine rings is 1. The standard InChI is InChI=1S/C12H16F3N3/c1-7-5-18(6-8(7)2)11-4-9(12(13,14)15)3-10(16)17-11/h3-4,7-8H,5-6H2,1-2H3,(H2,16,17). The summed E-state index contributed by atoms with van der Waals surface area (Å²) in [5.74, 6) is 1.12. The zero-order valence-electron chi connectivity index (χ0n) is 10.3. The first-order valence-electron chi connectivity index (χ1n) is 5.87. The summed E-state index contributed by atoms with van der Waals surface area (Å²) in [6.07, 6.45) is -4.39. The van der Waals surface area contributed by atoms with Crippen LogP contribution in [0.5, 0.6) is 0 Å². The Morgan fingerprint density at radius 1 is 1.22 bits per heavy atom. The Bertz CT molecular complexity index is 435. The molecule has 2 rings (SSSR count). The maximum absolute atomic E-state index is 12.7. The number of anilines is 2. The van der Waals surface area contributed by atoms with Crippen LogP contribution in [0.3, 0.4) is 0 Å². The highest BCUT2D eigenvalue weighted by molar-refractivity contribution is 5.50. The van der Waals surface area contributed by atoms with Crippen LogP contribution in [0.1, 0.15) is 19.4 Å². The lowest BCUT2D eigenvalue weighted by Gasteiger charge is -2.19. The van der Waals surface area contributed by atoms with Crippen molar-refractivity contribution in [2.24, 2.45) is 11.8 Å². The highest BCUT2D eigenvalue weighted by Gasteiger charge is 2.33. The minimum absolute atomic E-state index is 0.0907. The average molecular weight is 259 g/mol. The quantitative estimate of drug-likeness (QED) is 0.843. The summed E-state index contributed by atoms with van der Waals surface area (Å²) < 4.78 is 38.1. The first-order valence-corrected chi connectivity index (χ1v) is 5.87. The van der Waals surface area contributed by atoms with E-state index < -0.39 is 11.7 Å². The molecule has 0 amide bonds. The normalized spacial score (nSPS) is 24.6. The molecule has 3 nitrogen and oxygen atoms in total. The first kappa shape index (κ1) is 13.0. The Hall–Kier alpha value is -1.46. The monoisotopic (exact) mass is 259 g/mol. The van der Waals surface area contributed by atoms with E-state index in [0.717, 1.165) is 25.2 Å². The van der Waals surface area contributed by atoms with Gasteiger partial charge < -0.3 is 10.6 Å². The van der Waals surface area contributed by atoms with Gasteiger partial charge in [0, 0.05) is 13.1 Å². The van der Waals surface area contributed by atoms with Gasteiger partial charge in [-0.05, 0) is 24.0 Å². The number of nitrogens with zero attached hydrogens (tertiary/aromatic N) is 2. The Morgan fingerprint density at radius 3 is 2.28 bits per heavy atom. The largest absolute Gasteiger partial charge is 0.416 e. The minimum atomic E-state index is -4.39. The molecule has 1 aliphatic heterocycles. The molecular formula is C12H16F3N3. The van der Waals surface area contributed by atoms with Crippen LogP contribution in [0.2, 0.25) is 0 Å². The van der Waals surface area contributed by atoms with E-state index in [1.807, 2.05) is 4.90 Å². The maximum atomic E-state index is 12.7. The molecule has 2 atom stereocenters. The van der Waals surface area contributed by atoms with Gasteiger partial charge in [-0.2, -0.15) is 13.2 Å². The van der Waals surface area contributed by atoms with Crippen LogP contribution in [0.15, 0.2) is 12.1 Å². The molecule has 1 fully saturated rings. The van der Waals surface area contributed by atoms with Crippen molar-refractivity contribution in [2.45, 2.75) is 20.0 Å². The third kappa shape index (κ3) is 2.52. The van der Waals surface area contributed by atoms with Gasteiger partial charge in [0.1, 0.15) is 11.6 Å². The molecular weight excluding hydrogens is 243 g/mol. The lowest BCUT2D eigenvalue weighted by molar-refractivity contribution is -0.137. The van der Waals surface area contributed by atoms with Gasteiger partial charge in [-0.1, -0.05) is 13.8 Å². The lowest BCUT2D eigenvalue weighted by atomic mass is 10.0. The SMILES string of the molecule is CC1CN(c2cc(C(F)(F)F)cc(N)n2)CC1C. The molecule has 0 saturated carbocycles. The Morgan fingerprint density at radius 2 is 1.78 bits per heavy atom. The van der Waals surface area contributed by atoms with E-state index in [2.05, 4.69) is 18.8 Å². The van der Waals surface area contributed by atoms with Gasteiger partial charge in [-0.25, -0.2) is 4.98 Å².